The number of rotatable bonds is 6. The molecular formula is C16H26N4O2. The molecular weight excluding hydrogens is 280 g/mol. The number of likely N-dealkylation sites (tertiary alicyclic amines) is 1. The number of H-pyrrole nitrogens is 1. The molecule has 1 saturated heterocycles. The van der Waals surface area contributed by atoms with Gasteiger partial charge in [0.25, 0.3) is 0 Å². The molecule has 1 aromatic heterocycles. The molecule has 0 bridgehead atoms. The molecule has 1 aromatic rings. The van der Waals surface area contributed by atoms with E-state index in [1.807, 2.05) is 0 Å². The number of nitrogens with one attached hydrogen (secondary N) is 2. The van der Waals surface area contributed by atoms with Gasteiger partial charge >= 0.3 is 0 Å². The SMILES string of the molecule is COC1CCN([C@H]2CCC[C@H]2NC(=O)CCc2cnc[nH]2)C1. The number of carbonyl (C=O) groups excluding carboxylic acids is 1. The standard InChI is InChI=1S/C16H26N4O2/c1-22-13-7-8-20(10-13)15-4-2-3-14(15)19-16(21)6-5-12-9-17-11-18-12/h9,11,13-15H,2-8,10H2,1H3,(H,17,18)(H,19,21)/t13?,14-,15+/m1/s1. The van der Waals surface area contributed by atoms with Gasteiger partial charge in [0, 0.05) is 50.6 Å². The minimum Gasteiger partial charge on any atom is -0.380 e. The molecule has 2 heterocycles. The number of hydrogen-bond acceptors (Lipinski definition) is 4. The third-order valence-electron chi connectivity index (χ3n) is 4.98. The van der Waals surface area contributed by atoms with Crippen LogP contribution in [0.15, 0.2) is 12.5 Å². The van der Waals surface area contributed by atoms with Gasteiger partial charge in [-0.05, 0) is 32.1 Å². The van der Waals surface area contributed by atoms with Gasteiger partial charge in [0.15, 0.2) is 0 Å². The molecule has 1 aliphatic heterocycles. The molecule has 1 aliphatic carbocycles. The van der Waals surface area contributed by atoms with Gasteiger partial charge in [-0.3, -0.25) is 9.69 Å². The van der Waals surface area contributed by atoms with E-state index in [-0.39, 0.29) is 5.91 Å². The normalized spacial score (nSPS) is 29.0. The van der Waals surface area contributed by atoms with Crippen molar-refractivity contribution in [3.8, 4) is 0 Å². The maximum absolute atomic E-state index is 12.2. The highest BCUT2D eigenvalue weighted by Gasteiger charge is 2.36. The lowest BCUT2D eigenvalue weighted by Crippen LogP contribution is -2.48. The topological polar surface area (TPSA) is 70.2 Å². The van der Waals surface area contributed by atoms with Crippen LogP contribution in [0.4, 0.5) is 0 Å². The lowest BCUT2D eigenvalue weighted by molar-refractivity contribution is -0.122. The van der Waals surface area contributed by atoms with Gasteiger partial charge in [-0.1, -0.05) is 0 Å². The average Bonchev–Trinajstić information content (AvgIpc) is 3.26. The molecule has 1 saturated carbocycles. The zero-order chi connectivity index (χ0) is 15.4. The summed E-state index contributed by atoms with van der Waals surface area (Å²) < 4.78 is 5.46. The van der Waals surface area contributed by atoms with Crippen molar-refractivity contribution in [1.82, 2.24) is 20.2 Å². The number of nitrogens with zero attached hydrogens (tertiary/aromatic N) is 2. The Morgan fingerprint density at radius 1 is 1.50 bits per heavy atom. The van der Waals surface area contributed by atoms with Gasteiger partial charge in [0.1, 0.15) is 0 Å². The summed E-state index contributed by atoms with van der Waals surface area (Å²) in [6, 6.07) is 0.779. The van der Waals surface area contributed by atoms with E-state index in [9.17, 15) is 4.79 Å². The van der Waals surface area contributed by atoms with Crippen LogP contribution in [-0.2, 0) is 16.0 Å². The second-order valence-electron chi connectivity index (χ2n) is 6.39. The van der Waals surface area contributed by atoms with Crippen molar-refractivity contribution >= 4 is 5.91 Å². The molecule has 2 aliphatic rings. The molecule has 3 rings (SSSR count). The van der Waals surface area contributed by atoms with Crippen molar-refractivity contribution in [1.29, 1.82) is 0 Å². The number of methoxy groups -OCH3 is 1. The summed E-state index contributed by atoms with van der Waals surface area (Å²) in [6.07, 6.45) is 9.61. The molecule has 22 heavy (non-hydrogen) atoms. The fourth-order valence-electron chi connectivity index (χ4n) is 3.74. The zero-order valence-corrected chi connectivity index (χ0v) is 13.3. The van der Waals surface area contributed by atoms with Crippen molar-refractivity contribution in [2.75, 3.05) is 20.2 Å². The maximum Gasteiger partial charge on any atom is 0.220 e. The van der Waals surface area contributed by atoms with Crippen LogP contribution in [0.5, 0.6) is 0 Å². The molecule has 2 N–H and O–H groups in total. The molecule has 1 amide bonds. The second kappa shape index (κ2) is 7.24. The Kier molecular flexibility index (Phi) is 5.10. The quantitative estimate of drug-likeness (QED) is 0.826. The van der Waals surface area contributed by atoms with Crippen molar-refractivity contribution in [3.63, 3.8) is 0 Å². The number of hydrogen-bond donors (Lipinski definition) is 2. The van der Waals surface area contributed by atoms with Gasteiger partial charge in [0.2, 0.25) is 5.91 Å². The highest BCUT2D eigenvalue weighted by molar-refractivity contribution is 5.76. The second-order valence-corrected chi connectivity index (χ2v) is 6.39. The van der Waals surface area contributed by atoms with E-state index in [0.717, 1.165) is 38.0 Å². The molecule has 0 spiro atoms. The van der Waals surface area contributed by atoms with Crippen LogP contribution in [0.3, 0.4) is 0 Å². The van der Waals surface area contributed by atoms with Crippen LogP contribution < -0.4 is 5.32 Å². The Labute approximate surface area is 131 Å². The van der Waals surface area contributed by atoms with Crippen LogP contribution in [0.2, 0.25) is 0 Å². The molecule has 3 atom stereocenters. The predicted molar refractivity (Wildman–Crippen MR) is 83.5 cm³/mol. The minimum atomic E-state index is 0.147. The average molecular weight is 306 g/mol. The van der Waals surface area contributed by atoms with Crippen molar-refractivity contribution in [2.45, 2.75) is 56.7 Å². The third-order valence-corrected chi connectivity index (χ3v) is 4.98. The number of aryl methyl sites for hydroxylation is 1. The summed E-state index contributed by atoms with van der Waals surface area (Å²) in [6.45, 7) is 2.09. The monoisotopic (exact) mass is 306 g/mol. The van der Waals surface area contributed by atoms with Crippen LogP contribution in [-0.4, -0.2) is 59.2 Å². The first-order valence-electron chi connectivity index (χ1n) is 8.29. The highest BCUT2D eigenvalue weighted by Crippen LogP contribution is 2.28. The summed E-state index contributed by atoms with van der Waals surface area (Å²) >= 11 is 0. The molecule has 6 nitrogen and oxygen atoms in total. The lowest BCUT2D eigenvalue weighted by atomic mass is 10.1. The number of amides is 1. The summed E-state index contributed by atoms with van der Waals surface area (Å²) in [4.78, 5) is 21.7. The fourth-order valence-corrected chi connectivity index (χ4v) is 3.74. The van der Waals surface area contributed by atoms with E-state index >= 15 is 0 Å². The Hall–Kier alpha value is -1.40. The number of aromatic nitrogens is 2. The first-order valence-corrected chi connectivity index (χ1v) is 8.29. The van der Waals surface area contributed by atoms with E-state index in [1.165, 1.54) is 12.8 Å². The van der Waals surface area contributed by atoms with E-state index in [1.54, 1.807) is 19.6 Å². The van der Waals surface area contributed by atoms with Gasteiger partial charge in [-0.2, -0.15) is 0 Å². The minimum absolute atomic E-state index is 0.147. The summed E-state index contributed by atoms with van der Waals surface area (Å²) in [5, 5.41) is 3.25. The molecule has 122 valence electrons. The van der Waals surface area contributed by atoms with Crippen LogP contribution >= 0.6 is 0 Å². The molecule has 6 heteroatoms. The molecule has 1 unspecified atom stereocenters. The Morgan fingerprint density at radius 3 is 3.14 bits per heavy atom. The van der Waals surface area contributed by atoms with Crippen LogP contribution in [0, 0.1) is 0 Å². The van der Waals surface area contributed by atoms with E-state index in [4.69, 9.17) is 4.74 Å². The number of carbonyl (C=O) groups is 1. The summed E-state index contributed by atoms with van der Waals surface area (Å²) in [7, 11) is 1.79. The van der Waals surface area contributed by atoms with Crippen molar-refractivity contribution in [3.05, 3.63) is 18.2 Å². The highest BCUT2D eigenvalue weighted by atomic mass is 16.5. The zero-order valence-electron chi connectivity index (χ0n) is 13.3. The van der Waals surface area contributed by atoms with E-state index < -0.39 is 0 Å². The molecule has 2 fully saturated rings. The first kappa shape index (κ1) is 15.5. The lowest BCUT2D eigenvalue weighted by Gasteiger charge is -2.30. The maximum atomic E-state index is 12.2. The third kappa shape index (κ3) is 3.67. The Morgan fingerprint density at radius 2 is 2.41 bits per heavy atom. The van der Waals surface area contributed by atoms with Crippen LogP contribution in [0.25, 0.3) is 0 Å². The van der Waals surface area contributed by atoms with Gasteiger partial charge in [-0.25, -0.2) is 4.98 Å². The number of ether oxygens (including phenoxy) is 1. The number of imidazole rings is 1. The summed E-state index contributed by atoms with van der Waals surface area (Å²) in [5.41, 5.74) is 1.01. The first-order chi connectivity index (χ1) is 10.8. The smallest absolute Gasteiger partial charge is 0.220 e. The van der Waals surface area contributed by atoms with Crippen molar-refractivity contribution < 1.29 is 9.53 Å². The molecule has 0 aromatic carbocycles. The van der Waals surface area contributed by atoms with Crippen LogP contribution in [0.1, 0.15) is 37.8 Å². The fraction of sp³-hybridized carbons (Fsp3) is 0.750. The van der Waals surface area contributed by atoms with E-state index in [0.29, 0.717) is 24.6 Å². The molecule has 0 radical (unpaired) electrons. The summed E-state index contributed by atoms with van der Waals surface area (Å²) in [5.74, 6) is 0.147. The Balaban J connectivity index is 1.47. The van der Waals surface area contributed by atoms with Gasteiger partial charge in [0.05, 0.1) is 12.4 Å². The van der Waals surface area contributed by atoms with E-state index in [2.05, 4.69) is 20.2 Å². The Bertz CT molecular complexity index is 477. The van der Waals surface area contributed by atoms with Gasteiger partial charge in [-0.15, -0.1) is 0 Å². The van der Waals surface area contributed by atoms with Gasteiger partial charge < -0.3 is 15.0 Å². The largest absolute Gasteiger partial charge is 0.380 e. The van der Waals surface area contributed by atoms with Crippen molar-refractivity contribution in [2.24, 2.45) is 0 Å². The number of aromatic amines is 1. The predicted octanol–water partition coefficient (Wildman–Crippen LogP) is 1.10.